The number of nitro benzene ring substituents is 1. The van der Waals surface area contributed by atoms with E-state index in [4.69, 9.17) is 4.74 Å². The first kappa shape index (κ1) is 17.6. The molecule has 3 rings (SSSR count). The van der Waals surface area contributed by atoms with Crippen LogP contribution in [0, 0.1) is 17.0 Å². The third kappa shape index (κ3) is 3.55. The second-order valence-corrected chi connectivity index (χ2v) is 6.39. The van der Waals surface area contributed by atoms with Crippen molar-refractivity contribution in [2.75, 3.05) is 12.4 Å². The number of rotatable bonds is 5. The number of aryl methyl sites for hydroxylation is 1. The molecule has 0 atom stereocenters. The maximum absolute atomic E-state index is 12.7. The molecular formula is C18H15N3O4S. The van der Waals surface area contributed by atoms with Crippen LogP contribution in [-0.2, 0) is 0 Å². The number of nitrogens with zero attached hydrogens (tertiary/aromatic N) is 2. The van der Waals surface area contributed by atoms with Gasteiger partial charge in [0, 0.05) is 17.7 Å². The van der Waals surface area contributed by atoms with Gasteiger partial charge >= 0.3 is 0 Å². The number of benzene rings is 2. The van der Waals surface area contributed by atoms with E-state index in [0.29, 0.717) is 16.3 Å². The topological polar surface area (TPSA) is 94.4 Å². The van der Waals surface area contributed by atoms with Gasteiger partial charge in [0.15, 0.2) is 0 Å². The van der Waals surface area contributed by atoms with Crippen LogP contribution >= 0.6 is 11.3 Å². The molecule has 0 saturated heterocycles. The van der Waals surface area contributed by atoms with Crippen molar-refractivity contribution in [2.24, 2.45) is 0 Å². The highest BCUT2D eigenvalue weighted by Crippen LogP contribution is 2.32. The van der Waals surface area contributed by atoms with Gasteiger partial charge in [-0.05, 0) is 13.0 Å². The van der Waals surface area contributed by atoms with Crippen LogP contribution in [0.5, 0.6) is 5.75 Å². The number of anilines is 1. The summed E-state index contributed by atoms with van der Waals surface area (Å²) >= 11 is 1.27. The zero-order chi connectivity index (χ0) is 18.7. The molecule has 0 saturated carbocycles. The van der Waals surface area contributed by atoms with E-state index in [9.17, 15) is 14.9 Å². The average molecular weight is 369 g/mol. The number of hydrogen-bond donors (Lipinski definition) is 1. The molecule has 0 spiro atoms. The molecule has 0 fully saturated rings. The third-order valence-corrected chi connectivity index (χ3v) is 4.87. The van der Waals surface area contributed by atoms with Crippen LogP contribution in [0.1, 0.15) is 15.4 Å². The molecule has 3 aromatic rings. The van der Waals surface area contributed by atoms with E-state index >= 15 is 0 Å². The van der Waals surface area contributed by atoms with Gasteiger partial charge in [0.2, 0.25) is 0 Å². The van der Waals surface area contributed by atoms with Crippen LogP contribution in [0.4, 0.5) is 11.4 Å². The van der Waals surface area contributed by atoms with Crippen molar-refractivity contribution in [3.8, 4) is 16.3 Å². The quantitative estimate of drug-likeness (QED) is 0.535. The molecule has 1 amide bonds. The van der Waals surface area contributed by atoms with Crippen LogP contribution in [0.25, 0.3) is 10.6 Å². The van der Waals surface area contributed by atoms with Crippen LogP contribution in [0.2, 0.25) is 0 Å². The molecule has 1 N–H and O–H groups in total. The summed E-state index contributed by atoms with van der Waals surface area (Å²) in [4.78, 5) is 28.0. The molecule has 8 heteroatoms. The maximum atomic E-state index is 12.7. The number of amides is 1. The predicted octanol–water partition coefficient (Wildman–Crippen LogP) is 4.29. The Kier molecular flexibility index (Phi) is 4.94. The fourth-order valence-corrected chi connectivity index (χ4v) is 3.36. The summed E-state index contributed by atoms with van der Waals surface area (Å²) < 4.78 is 5.17. The molecule has 2 aromatic carbocycles. The number of ether oxygens (including phenoxy) is 1. The van der Waals surface area contributed by atoms with Crippen molar-refractivity contribution < 1.29 is 14.5 Å². The molecule has 1 aromatic heterocycles. The summed E-state index contributed by atoms with van der Waals surface area (Å²) in [6, 6.07) is 13.6. The Bertz CT molecular complexity index is 970. The largest absolute Gasteiger partial charge is 0.495 e. The van der Waals surface area contributed by atoms with E-state index in [0.717, 1.165) is 10.6 Å². The fraction of sp³-hybridized carbons (Fsp3) is 0.111. The first-order valence-electron chi connectivity index (χ1n) is 7.66. The number of thiazole rings is 1. The first-order valence-corrected chi connectivity index (χ1v) is 8.48. The normalized spacial score (nSPS) is 10.4. The van der Waals surface area contributed by atoms with Crippen LogP contribution in [0.3, 0.4) is 0 Å². The fourth-order valence-electron chi connectivity index (χ4n) is 2.40. The summed E-state index contributed by atoms with van der Waals surface area (Å²) in [7, 11) is 1.43. The van der Waals surface area contributed by atoms with Crippen molar-refractivity contribution in [3.63, 3.8) is 0 Å². The minimum absolute atomic E-state index is 0.132. The van der Waals surface area contributed by atoms with Gasteiger partial charge in [-0.1, -0.05) is 30.3 Å². The number of aromatic nitrogens is 1. The maximum Gasteiger partial charge on any atom is 0.271 e. The van der Waals surface area contributed by atoms with Crippen molar-refractivity contribution >= 4 is 28.6 Å². The number of carbonyl (C=O) groups is 1. The number of methoxy groups -OCH3 is 1. The van der Waals surface area contributed by atoms with Gasteiger partial charge in [-0.3, -0.25) is 14.9 Å². The van der Waals surface area contributed by atoms with Crippen LogP contribution in [-0.4, -0.2) is 22.9 Å². The summed E-state index contributed by atoms with van der Waals surface area (Å²) in [5.41, 5.74) is 1.62. The summed E-state index contributed by atoms with van der Waals surface area (Å²) in [6.07, 6.45) is 0. The predicted molar refractivity (Wildman–Crippen MR) is 99.9 cm³/mol. The van der Waals surface area contributed by atoms with Crippen molar-refractivity contribution in [3.05, 3.63) is 69.2 Å². The Morgan fingerprint density at radius 1 is 1.23 bits per heavy atom. The minimum Gasteiger partial charge on any atom is -0.495 e. The van der Waals surface area contributed by atoms with Gasteiger partial charge in [0.25, 0.3) is 11.6 Å². The second-order valence-electron chi connectivity index (χ2n) is 5.40. The molecule has 26 heavy (non-hydrogen) atoms. The lowest BCUT2D eigenvalue weighted by atomic mass is 10.2. The van der Waals surface area contributed by atoms with Gasteiger partial charge in [0.05, 0.1) is 23.4 Å². The Hall–Kier alpha value is -3.26. The number of nitro groups is 1. The lowest BCUT2D eigenvalue weighted by molar-refractivity contribution is -0.384. The monoisotopic (exact) mass is 369 g/mol. The van der Waals surface area contributed by atoms with E-state index in [-0.39, 0.29) is 17.3 Å². The van der Waals surface area contributed by atoms with E-state index in [1.54, 1.807) is 6.92 Å². The van der Waals surface area contributed by atoms with Crippen LogP contribution in [0.15, 0.2) is 48.5 Å². The van der Waals surface area contributed by atoms with Gasteiger partial charge in [-0.15, -0.1) is 11.3 Å². The highest BCUT2D eigenvalue weighted by Gasteiger charge is 2.19. The Morgan fingerprint density at radius 3 is 2.62 bits per heavy atom. The van der Waals surface area contributed by atoms with Gasteiger partial charge in [-0.2, -0.15) is 0 Å². The lowest BCUT2D eigenvalue weighted by Gasteiger charge is -2.09. The molecule has 0 unspecified atom stereocenters. The molecule has 0 aliphatic rings. The van der Waals surface area contributed by atoms with Crippen molar-refractivity contribution in [1.29, 1.82) is 0 Å². The number of hydrogen-bond acceptors (Lipinski definition) is 6. The Labute approximate surface area is 153 Å². The summed E-state index contributed by atoms with van der Waals surface area (Å²) in [5.74, 6) is -0.0459. The van der Waals surface area contributed by atoms with Crippen molar-refractivity contribution in [1.82, 2.24) is 4.98 Å². The lowest BCUT2D eigenvalue weighted by Crippen LogP contribution is -2.12. The first-order chi connectivity index (χ1) is 12.5. The number of carbonyl (C=O) groups excluding carboxylic acids is 1. The zero-order valence-corrected chi connectivity index (χ0v) is 14.9. The van der Waals surface area contributed by atoms with Gasteiger partial charge in [0.1, 0.15) is 15.6 Å². The molecule has 132 valence electrons. The average Bonchev–Trinajstić information content (AvgIpc) is 3.04. The SMILES string of the molecule is COc1ccc([N+](=O)[O-])cc1NC(=O)c1sc(-c2ccccc2)nc1C. The molecule has 7 nitrogen and oxygen atoms in total. The smallest absolute Gasteiger partial charge is 0.271 e. The summed E-state index contributed by atoms with van der Waals surface area (Å²) in [6.45, 7) is 1.75. The van der Waals surface area contributed by atoms with E-state index in [1.807, 2.05) is 30.3 Å². The minimum atomic E-state index is -0.527. The summed E-state index contributed by atoms with van der Waals surface area (Å²) in [5, 5.41) is 14.4. The van der Waals surface area contributed by atoms with Crippen molar-refractivity contribution in [2.45, 2.75) is 6.92 Å². The van der Waals surface area contributed by atoms with Gasteiger partial charge < -0.3 is 10.1 Å². The molecular weight excluding hydrogens is 354 g/mol. The molecule has 0 aliphatic carbocycles. The molecule has 0 radical (unpaired) electrons. The van der Waals surface area contributed by atoms with E-state index < -0.39 is 4.92 Å². The number of non-ortho nitro benzene ring substituents is 1. The Morgan fingerprint density at radius 2 is 1.96 bits per heavy atom. The molecule has 0 bridgehead atoms. The third-order valence-electron chi connectivity index (χ3n) is 3.67. The molecule has 1 heterocycles. The zero-order valence-electron chi connectivity index (χ0n) is 14.1. The Balaban J connectivity index is 1.90. The standard InChI is InChI=1S/C18H15N3O4S/c1-11-16(26-18(19-11)12-6-4-3-5-7-12)17(22)20-14-10-13(21(23)24)8-9-15(14)25-2/h3-10H,1-2H3,(H,20,22). The van der Waals surface area contributed by atoms with E-state index in [2.05, 4.69) is 10.3 Å². The number of nitrogens with one attached hydrogen (secondary N) is 1. The highest BCUT2D eigenvalue weighted by atomic mass is 32.1. The van der Waals surface area contributed by atoms with Crippen LogP contribution < -0.4 is 10.1 Å². The van der Waals surface area contributed by atoms with Gasteiger partial charge in [-0.25, -0.2) is 4.98 Å². The second kappa shape index (κ2) is 7.32. The highest BCUT2D eigenvalue weighted by molar-refractivity contribution is 7.17. The van der Waals surface area contributed by atoms with E-state index in [1.165, 1.54) is 36.6 Å². The molecule has 0 aliphatic heterocycles.